The third-order valence-corrected chi connectivity index (χ3v) is 8.45. The van der Waals surface area contributed by atoms with Gasteiger partial charge in [-0.25, -0.2) is 4.39 Å². The van der Waals surface area contributed by atoms with Gasteiger partial charge in [0, 0.05) is 34.0 Å². The van der Waals surface area contributed by atoms with Gasteiger partial charge in [-0.1, -0.05) is 29.8 Å². The Hall–Kier alpha value is -3.82. The van der Waals surface area contributed by atoms with E-state index in [-0.39, 0.29) is 11.6 Å². The summed E-state index contributed by atoms with van der Waals surface area (Å²) in [5.41, 5.74) is 14.9. The number of anilines is 1. The summed E-state index contributed by atoms with van der Waals surface area (Å²) in [6.07, 6.45) is 1.95. The number of carbonyl (C=O) groups excluding carboxylic acids is 1. The highest BCUT2D eigenvalue weighted by atomic mass is 32.2. The number of benzene rings is 3. The second-order valence-electron chi connectivity index (χ2n) is 10.0. The number of halogens is 1. The van der Waals surface area contributed by atoms with Gasteiger partial charge in [-0.3, -0.25) is 9.69 Å². The molecule has 0 fully saturated rings. The molecule has 1 atom stereocenters. The fraction of sp³-hybridized carbons (Fsp3) is 0.250. The maximum atomic E-state index is 13.6. The minimum Gasteiger partial charge on any atom is -0.384 e. The molecule has 0 radical (unpaired) electrons. The lowest BCUT2D eigenvalue weighted by molar-refractivity contribution is -0.116. The molecule has 0 saturated heterocycles. The zero-order chi connectivity index (χ0) is 27.0. The Kier molecular flexibility index (Phi) is 7.14. The Bertz CT molecular complexity index is 1530. The van der Waals surface area contributed by atoms with Crippen molar-refractivity contribution < 1.29 is 9.18 Å². The van der Waals surface area contributed by atoms with Gasteiger partial charge in [-0.05, 0) is 92.3 Å². The van der Waals surface area contributed by atoms with Gasteiger partial charge >= 0.3 is 0 Å². The third kappa shape index (κ3) is 4.75. The zero-order valence-corrected chi connectivity index (χ0v) is 22.7. The SMILES string of the molecule is Cc1cccc(N2C(N)=C(C#N)C(c3cc(C)cc(CSc4ccc(F)cc4)c3C)C3=C2CCCC3=O)c1. The van der Waals surface area contributed by atoms with Crippen molar-refractivity contribution in [3.63, 3.8) is 0 Å². The van der Waals surface area contributed by atoms with Crippen LogP contribution in [0.15, 0.2) is 88.2 Å². The second-order valence-corrected chi connectivity index (χ2v) is 11.1. The zero-order valence-electron chi connectivity index (χ0n) is 21.8. The smallest absolute Gasteiger partial charge is 0.161 e. The first-order valence-corrected chi connectivity index (χ1v) is 13.8. The van der Waals surface area contributed by atoms with Crippen molar-refractivity contribution in [2.75, 3.05) is 4.90 Å². The summed E-state index contributed by atoms with van der Waals surface area (Å²) in [5, 5.41) is 10.4. The van der Waals surface area contributed by atoms with Gasteiger partial charge in [0.2, 0.25) is 0 Å². The summed E-state index contributed by atoms with van der Waals surface area (Å²) in [6.45, 7) is 6.11. The molecule has 1 aliphatic carbocycles. The molecule has 2 aliphatic rings. The quantitative estimate of drug-likeness (QED) is 0.354. The number of ketones is 1. The normalized spacial score (nSPS) is 17.5. The summed E-state index contributed by atoms with van der Waals surface area (Å²) < 4.78 is 13.4. The molecule has 4 nitrogen and oxygen atoms in total. The van der Waals surface area contributed by atoms with Gasteiger partial charge in [0.05, 0.1) is 17.6 Å². The Balaban J connectivity index is 1.63. The minimum atomic E-state index is -0.502. The van der Waals surface area contributed by atoms with E-state index in [1.54, 1.807) is 23.9 Å². The van der Waals surface area contributed by atoms with Crippen LogP contribution in [0.25, 0.3) is 0 Å². The number of nitrogens with zero attached hydrogens (tertiary/aromatic N) is 2. The standard InChI is InChI=1S/C32H30FN3OS/c1-19-6-4-7-24(15-19)36-28-8-5-9-29(37)31(28)30(27(17-34)32(36)35)26-16-20(2)14-22(21(26)3)18-38-25-12-10-23(33)11-13-25/h4,6-7,10-16,30H,5,8-9,18,35H2,1-3H3. The van der Waals surface area contributed by atoms with Crippen LogP contribution in [0.4, 0.5) is 10.1 Å². The molecule has 192 valence electrons. The maximum Gasteiger partial charge on any atom is 0.161 e. The molecule has 0 aromatic heterocycles. The van der Waals surface area contributed by atoms with Gasteiger partial charge in [0.25, 0.3) is 0 Å². The van der Waals surface area contributed by atoms with Crippen LogP contribution in [0.3, 0.4) is 0 Å². The molecule has 1 aliphatic heterocycles. The van der Waals surface area contributed by atoms with Crippen molar-refractivity contribution in [2.45, 2.75) is 56.6 Å². The average Bonchev–Trinajstić information content (AvgIpc) is 2.89. The highest BCUT2D eigenvalue weighted by Crippen LogP contribution is 2.47. The van der Waals surface area contributed by atoms with Crippen LogP contribution in [0.1, 0.15) is 53.0 Å². The Morgan fingerprint density at radius 3 is 2.53 bits per heavy atom. The summed E-state index contributed by atoms with van der Waals surface area (Å²) in [4.78, 5) is 16.5. The lowest BCUT2D eigenvalue weighted by Gasteiger charge is -2.40. The fourth-order valence-corrected chi connectivity index (χ4v) is 6.52. The van der Waals surface area contributed by atoms with Gasteiger partial charge in [0.15, 0.2) is 5.78 Å². The van der Waals surface area contributed by atoms with E-state index >= 15 is 0 Å². The van der Waals surface area contributed by atoms with Gasteiger partial charge < -0.3 is 5.73 Å². The monoisotopic (exact) mass is 523 g/mol. The van der Waals surface area contributed by atoms with E-state index in [0.717, 1.165) is 56.9 Å². The van der Waals surface area contributed by atoms with Crippen molar-refractivity contribution in [1.29, 1.82) is 5.26 Å². The van der Waals surface area contributed by atoms with E-state index in [9.17, 15) is 14.4 Å². The van der Waals surface area contributed by atoms with Crippen LogP contribution in [-0.2, 0) is 10.5 Å². The lowest BCUT2D eigenvalue weighted by Crippen LogP contribution is -2.39. The first-order valence-electron chi connectivity index (χ1n) is 12.8. The first kappa shape index (κ1) is 25.8. The van der Waals surface area contributed by atoms with E-state index in [1.165, 1.54) is 12.1 Å². The molecule has 1 unspecified atom stereocenters. The fourth-order valence-electron chi connectivity index (χ4n) is 5.56. The number of rotatable bonds is 5. The van der Waals surface area contributed by atoms with Gasteiger partial charge in [-0.2, -0.15) is 5.26 Å². The number of allylic oxidation sites excluding steroid dienone is 3. The van der Waals surface area contributed by atoms with E-state index < -0.39 is 5.92 Å². The number of hydrogen-bond acceptors (Lipinski definition) is 5. The van der Waals surface area contributed by atoms with E-state index in [1.807, 2.05) is 43.0 Å². The van der Waals surface area contributed by atoms with Crippen molar-refractivity contribution >= 4 is 23.2 Å². The predicted octanol–water partition coefficient (Wildman–Crippen LogP) is 7.35. The summed E-state index contributed by atoms with van der Waals surface area (Å²) in [5.74, 6) is 0.403. The first-order chi connectivity index (χ1) is 18.3. The average molecular weight is 524 g/mol. The highest BCUT2D eigenvalue weighted by Gasteiger charge is 2.41. The molecule has 6 heteroatoms. The van der Waals surface area contributed by atoms with E-state index in [4.69, 9.17) is 5.73 Å². The number of hydrogen-bond donors (Lipinski definition) is 1. The van der Waals surface area contributed by atoms with Gasteiger partial charge in [-0.15, -0.1) is 11.8 Å². The van der Waals surface area contributed by atoms with Crippen LogP contribution in [0.5, 0.6) is 0 Å². The number of thioether (sulfide) groups is 1. The number of nitriles is 1. The number of carbonyl (C=O) groups is 1. The van der Waals surface area contributed by atoms with Crippen LogP contribution < -0.4 is 10.6 Å². The largest absolute Gasteiger partial charge is 0.384 e. The molecule has 2 N–H and O–H groups in total. The molecule has 0 bridgehead atoms. The summed E-state index contributed by atoms with van der Waals surface area (Å²) in [7, 11) is 0. The molecular formula is C32H30FN3OS. The Labute approximate surface area is 227 Å². The van der Waals surface area contributed by atoms with Crippen LogP contribution >= 0.6 is 11.8 Å². The van der Waals surface area contributed by atoms with Crippen molar-refractivity contribution in [3.05, 3.63) is 117 Å². The molecule has 3 aromatic rings. The highest BCUT2D eigenvalue weighted by molar-refractivity contribution is 7.98. The van der Waals surface area contributed by atoms with E-state index in [0.29, 0.717) is 29.1 Å². The van der Waals surface area contributed by atoms with Crippen molar-refractivity contribution in [1.82, 2.24) is 0 Å². The molecule has 1 heterocycles. The molecule has 3 aromatic carbocycles. The minimum absolute atomic E-state index is 0.0808. The summed E-state index contributed by atoms with van der Waals surface area (Å²) in [6, 6.07) is 21.1. The molecule has 5 rings (SSSR count). The van der Waals surface area contributed by atoms with Crippen LogP contribution in [0.2, 0.25) is 0 Å². The van der Waals surface area contributed by atoms with Crippen LogP contribution in [-0.4, -0.2) is 5.78 Å². The van der Waals surface area contributed by atoms with Gasteiger partial charge in [0.1, 0.15) is 11.6 Å². The number of aryl methyl sites for hydroxylation is 2. The predicted molar refractivity (Wildman–Crippen MR) is 151 cm³/mol. The topological polar surface area (TPSA) is 70.1 Å². The van der Waals surface area contributed by atoms with E-state index in [2.05, 4.69) is 25.1 Å². The molecule has 0 amide bonds. The summed E-state index contributed by atoms with van der Waals surface area (Å²) >= 11 is 1.63. The van der Waals surface area contributed by atoms with Crippen LogP contribution in [0, 0.1) is 37.9 Å². The lowest BCUT2D eigenvalue weighted by atomic mass is 9.73. The Morgan fingerprint density at radius 2 is 1.82 bits per heavy atom. The maximum absolute atomic E-state index is 13.6. The second kappa shape index (κ2) is 10.5. The third-order valence-electron chi connectivity index (χ3n) is 7.39. The number of nitrogens with two attached hydrogens (primary N) is 1. The number of Topliss-reactive ketones (excluding diaryl/α,β-unsaturated/α-hetero) is 1. The molecule has 0 spiro atoms. The molecule has 0 saturated carbocycles. The van der Waals surface area contributed by atoms with Crippen molar-refractivity contribution in [3.8, 4) is 6.07 Å². The molecule has 38 heavy (non-hydrogen) atoms. The molecular weight excluding hydrogens is 493 g/mol. The van der Waals surface area contributed by atoms with Crippen molar-refractivity contribution in [2.24, 2.45) is 5.73 Å². The Morgan fingerprint density at radius 1 is 1.05 bits per heavy atom.